The second-order valence-corrected chi connectivity index (χ2v) is 3.45. The van der Waals surface area contributed by atoms with E-state index in [2.05, 4.69) is 6.07 Å². The van der Waals surface area contributed by atoms with Crippen LogP contribution in [0.4, 0.5) is 5.69 Å². The lowest BCUT2D eigenvalue weighted by molar-refractivity contribution is -0.385. The highest BCUT2D eigenvalue weighted by Gasteiger charge is 2.12. The predicted molar refractivity (Wildman–Crippen MR) is 56.2 cm³/mol. The van der Waals surface area contributed by atoms with Gasteiger partial charge in [-0.15, -0.1) is 0 Å². The summed E-state index contributed by atoms with van der Waals surface area (Å²) in [4.78, 5) is 10.3. The van der Waals surface area contributed by atoms with E-state index < -0.39 is 0 Å². The normalized spacial score (nSPS) is 11.7. The molecule has 78 valence electrons. The number of nitrogens with zero attached hydrogens (tertiary/aromatic N) is 2. The van der Waals surface area contributed by atoms with Crippen LogP contribution in [0.5, 0.6) is 0 Å². The van der Waals surface area contributed by atoms with Crippen LogP contribution in [0.2, 0.25) is 0 Å². The maximum absolute atomic E-state index is 10.7. The van der Waals surface area contributed by atoms with Crippen LogP contribution < -0.4 is 0 Å². The molecule has 0 spiro atoms. The van der Waals surface area contributed by atoms with Crippen molar-refractivity contribution in [2.45, 2.75) is 19.8 Å². The smallest absolute Gasteiger partial charge is 0.258 e. The Morgan fingerprint density at radius 1 is 1.53 bits per heavy atom. The van der Waals surface area contributed by atoms with Gasteiger partial charge >= 0.3 is 0 Å². The van der Waals surface area contributed by atoms with Gasteiger partial charge in [0.2, 0.25) is 0 Å². The molecule has 0 bridgehead atoms. The summed E-state index contributed by atoms with van der Waals surface area (Å²) in [5.74, 6) is -0.0650. The molecular formula is C11H12N2O2. The molecule has 0 saturated carbocycles. The molecule has 0 saturated heterocycles. The molecule has 0 aliphatic carbocycles. The quantitative estimate of drug-likeness (QED) is 0.559. The molecule has 1 aromatic rings. The van der Waals surface area contributed by atoms with Crippen molar-refractivity contribution in [2.24, 2.45) is 5.92 Å². The number of nitro benzene ring substituents is 1. The summed E-state index contributed by atoms with van der Waals surface area (Å²) in [6.45, 7) is 1.81. The van der Waals surface area contributed by atoms with E-state index in [1.807, 2.05) is 6.92 Å². The Morgan fingerprint density at radius 3 is 2.80 bits per heavy atom. The maximum Gasteiger partial charge on any atom is 0.272 e. The zero-order valence-electron chi connectivity index (χ0n) is 8.51. The number of hydrogen-bond donors (Lipinski definition) is 0. The molecule has 15 heavy (non-hydrogen) atoms. The van der Waals surface area contributed by atoms with E-state index in [0.717, 1.165) is 0 Å². The lowest BCUT2D eigenvalue weighted by atomic mass is 10.0. The number of nitriles is 1. The summed E-state index contributed by atoms with van der Waals surface area (Å²) in [7, 11) is 0. The fraction of sp³-hybridized carbons (Fsp3) is 0.364. The van der Waals surface area contributed by atoms with E-state index in [1.165, 1.54) is 6.07 Å². The molecule has 0 aromatic heterocycles. The molecule has 1 rings (SSSR count). The van der Waals surface area contributed by atoms with Crippen LogP contribution in [0.3, 0.4) is 0 Å². The second-order valence-electron chi connectivity index (χ2n) is 3.45. The molecule has 0 fully saturated rings. The van der Waals surface area contributed by atoms with Gasteiger partial charge in [0.25, 0.3) is 5.69 Å². The van der Waals surface area contributed by atoms with Gasteiger partial charge in [0.15, 0.2) is 0 Å². The molecule has 1 aromatic carbocycles. The van der Waals surface area contributed by atoms with Crippen LogP contribution in [0, 0.1) is 27.4 Å². The third-order valence-corrected chi connectivity index (χ3v) is 2.26. The van der Waals surface area contributed by atoms with Crippen LogP contribution in [0.1, 0.15) is 18.9 Å². The Kier molecular flexibility index (Phi) is 3.81. The predicted octanol–water partition coefficient (Wildman–Crippen LogP) is 2.69. The molecule has 4 nitrogen and oxygen atoms in total. The SMILES string of the molecule is CC(C#N)CCc1ccccc1[N+](=O)[O-]. The minimum Gasteiger partial charge on any atom is -0.258 e. The number of hydrogen-bond acceptors (Lipinski definition) is 3. The van der Waals surface area contributed by atoms with Crippen molar-refractivity contribution in [3.05, 3.63) is 39.9 Å². The first-order valence-corrected chi connectivity index (χ1v) is 4.77. The van der Waals surface area contributed by atoms with Crippen molar-refractivity contribution in [3.63, 3.8) is 0 Å². The largest absolute Gasteiger partial charge is 0.272 e. The van der Waals surface area contributed by atoms with Gasteiger partial charge in [-0.1, -0.05) is 18.2 Å². The number of aryl methyl sites for hydroxylation is 1. The van der Waals surface area contributed by atoms with Crippen molar-refractivity contribution >= 4 is 5.69 Å². The van der Waals surface area contributed by atoms with Crippen molar-refractivity contribution in [1.82, 2.24) is 0 Å². The Morgan fingerprint density at radius 2 is 2.20 bits per heavy atom. The van der Waals surface area contributed by atoms with Gasteiger partial charge in [0.1, 0.15) is 0 Å². The van der Waals surface area contributed by atoms with Gasteiger partial charge in [-0.3, -0.25) is 10.1 Å². The Hall–Kier alpha value is -1.89. The zero-order valence-corrected chi connectivity index (χ0v) is 8.51. The van der Waals surface area contributed by atoms with Crippen LogP contribution in [0.15, 0.2) is 24.3 Å². The molecule has 4 heteroatoms. The molecule has 0 aliphatic heterocycles. The van der Waals surface area contributed by atoms with E-state index in [1.54, 1.807) is 18.2 Å². The molecule has 0 amide bonds. The van der Waals surface area contributed by atoms with E-state index in [0.29, 0.717) is 18.4 Å². The van der Waals surface area contributed by atoms with Gasteiger partial charge in [-0.25, -0.2) is 0 Å². The lowest BCUT2D eigenvalue weighted by Gasteiger charge is -2.03. The fourth-order valence-corrected chi connectivity index (χ4v) is 1.34. The summed E-state index contributed by atoms with van der Waals surface area (Å²) in [6, 6.07) is 8.77. The Labute approximate surface area is 88.3 Å². The minimum atomic E-state index is -0.383. The van der Waals surface area contributed by atoms with Gasteiger partial charge in [-0.05, 0) is 19.8 Å². The molecule has 1 unspecified atom stereocenters. The molecule has 0 radical (unpaired) electrons. The van der Waals surface area contributed by atoms with Crippen LogP contribution in [0.25, 0.3) is 0 Å². The van der Waals surface area contributed by atoms with Gasteiger partial charge in [-0.2, -0.15) is 5.26 Å². The standard InChI is InChI=1S/C11H12N2O2/c1-9(8-12)6-7-10-4-2-3-5-11(10)13(14)15/h2-5,9H,6-7H2,1H3. The van der Waals surface area contributed by atoms with Crippen LogP contribution >= 0.6 is 0 Å². The van der Waals surface area contributed by atoms with E-state index in [9.17, 15) is 10.1 Å². The molecule has 0 aliphatic rings. The third-order valence-electron chi connectivity index (χ3n) is 2.26. The second kappa shape index (κ2) is 5.11. The van der Waals surface area contributed by atoms with E-state index >= 15 is 0 Å². The summed E-state index contributed by atoms with van der Waals surface area (Å²) >= 11 is 0. The van der Waals surface area contributed by atoms with E-state index in [4.69, 9.17) is 5.26 Å². The van der Waals surface area contributed by atoms with Crippen LogP contribution in [-0.4, -0.2) is 4.92 Å². The summed E-state index contributed by atoms with van der Waals surface area (Å²) in [6.07, 6.45) is 1.23. The van der Waals surface area contributed by atoms with Crippen molar-refractivity contribution in [3.8, 4) is 6.07 Å². The van der Waals surface area contributed by atoms with Gasteiger partial charge < -0.3 is 0 Å². The Bertz CT molecular complexity index is 396. The number of nitro groups is 1. The average Bonchev–Trinajstić information content (AvgIpc) is 2.26. The zero-order chi connectivity index (χ0) is 11.3. The maximum atomic E-state index is 10.7. The molecular weight excluding hydrogens is 192 g/mol. The molecule has 1 atom stereocenters. The first-order chi connectivity index (χ1) is 7.15. The minimum absolute atomic E-state index is 0.0650. The van der Waals surface area contributed by atoms with E-state index in [-0.39, 0.29) is 16.5 Å². The number of benzene rings is 1. The first-order valence-electron chi connectivity index (χ1n) is 4.77. The lowest BCUT2D eigenvalue weighted by Crippen LogP contribution is -1.98. The highest BCUT2D eigenvalue weighted by molar-refractivity contribution is 5.39. The van der Waals surface area contributed by atoms with Crippen molar-refractivity contribution in [1.29, 1.82) is 5.26 Å². The van der Waals surface area contributed by atoms with Gasteiger partial charge in [0, 0.05) is 17.5 Å². The third kappa shape index (κ3) is 3.06. The van der Waals surface area contributed by atoms with Gasteiger partial charge in [0.05, 0.1) is 11.0 Å². The van der Waals surface area contributed by atoms with Crippen molar-refractivity contribution in [2.75, 3.05) is 0 Å². The first kappa shape index (κ1) is 11.2. The number of rotatable bonds is 4. The van der Waals surface area contributed by atoms with Crippen molar-refractivity contribution < 1.29 is 4.92 Å². The number of para-hydroxylation sites is 1. The van der Waals surface area contributed by atoms with Crippen LogP contribution in [-0.2, 0) is 6.42 Å². The monoisotopic (exact) mass is 204 g/mol. The average molecular weight is 204 g/mol. The Balaban J connectivity index is 2.77. The summed E-state index contributed by atoms with van der Waals surface area (Å²) in [5, 5.41) is 19.3. The highest BCUT2D eigenvalue weighted by Crippen LogP contribution is 2.20. The topological polar surface area (TPSA) is 66.9 Å². The molecule has 0 heterocycles. The highest BCUT2D eigenvalue weighted by atomic mass is 16.6. The summed E-state index contributed by atoms with van der Waals surface area (Å²) < 4.78 is 0. The summed E-state index contributed by atoms with van der Waals surface area (Å²) in [5.41, 5.74) is 0.840. The molecule has 0 N–H and O–H groups in total. The fourth-order valence-electron chi connectivity index (χ4n) is 1.34.